The van der Waals surface area contributed by atoms with Crippen LogP contribution in [0, 0.1) is 11.3 Å². The number of rotatable bonds is 3. The van der Waals surface area contributed by atoms with E-state index in [1.807, 2.05) is 42.5 Å². The van der Waals surface area contributed by atoms with Gasteiger partial charge in [-0.25, -0.2) is 0 Å². The third kappa shape index (κ3) is 2.31. The number of ether oxygens (including phenoxy) is 1. The molecule has 2 N–H and O–H groups in total. The van der Waals surface area contributed by atoms with Crippen LogP contribution in [0.25, 0.3) is 10.9 Å². The molecule has 0 radical (unpaired) electrons. The molecule has 5 nitrogen and oxygen atoms in total. The van der Waals surface area contributed by atoms with Crippen LogP contribution in [-0.2, 0) is 21.6 Å². The van der Waals surface area contributed by atoms with Crippen molar-refractivity contribution in [1.82, 2.24) is 4.98 Å². The Morgan fingerprint density at radius 2 is 2.04 bits per heavy atom. The molecule has 1 aliphatic rings. The number of H-pyrrole nitrogens is 1. The first-order valence-electron chi connectivity index (χ1n) is 8.11. The van der Waals surface area contributed by atoms with Crippen molar-refractivity contribution < 1.29 is 14.6 Å². The number of hydrogen-bond donors (Lipinski definition) is 2. The molecule has 2 aromatic carbocycles. The minimum atomic E-state index is -1.08. The summed E-state index contributed by atoms with van der Waals surface area (Å²) >= 11 is 0. The number of aromatic nitrogens is 1. The highest BCUT2D eigenvalue weighted by molar-refractivity contribution is 5.91. The van der Waals surface area contributed by atoms with E-state index in [1.54, 1.807) is 6.07 Å². The van der Waals surface area contributed by atoms with Crippen molar-refractivity contribution in [1.29, 1.82) is 5.26 Å². The van der Waals surface area contributed by atoms with Crippen molar-refractivity contribution in [3.8, 4) is 6.07 Å². The third-order valence-corrected chi connectivity index (χ3v) is 4.79. The molecule has 1 aromatic heterocycles. The first-order valence-corrected chi connectivity index (χ1v) is 8.11. The van der Waals surface area contributed by atoms with E-state index in [2.05, 4.69) is 11.1 Å². The predicted molar refractivity (Wildman–Crippen MR) is 92.1 cm³/mol. The van der Waals surface area contributed by atoms with Gasteiger partial charge in [-0.1, -0.05) is 36.4 Å². The molecule has 4 rings (SSSR count). The number of nitrogens with zero attached hydrogens (tertiary/aromatic N) is 1. The Morgan fingerprint density at radius 3 is 2.76 bits per heavy atom. The minimum absolute atomic E-state index is 0.182. The number of carbonyl (C=O) groups is 1. The highest BCUT2D eigenvalue weighted by atomic mass is 16.5. The number of nitriles is 1. The lowest BCUT2D eigenvalue weighted by molar-refractivity contribution is -0.144. The van der Waals surface area contributed by atoms with Crippen LogP contribution >= 0.6 is 0 Å². The first kappa shape index (κ1) is 15.4. The summed E-state index contributed by atoms with van der Waals surface area (Å²) in [5.41, 5.74) is 2.86. The molecule has 0 saturated heterocycles. The van der Waals surface area contributed by atoms with E-state index in [1.165, 1.54) is 0 Å². The fraction of sp³-hybridized carbons (Fsp3) is 0.200. The van der Waals surface area contributed by atoms with Gasteiger partial charge in [0.05, 0.1) is 30.4 Å². The summed E-state index contributed by atoms with van der Waals surface area (Å²) in [5, 5.41) is 19.9. The number of carboxylic acid groups (broad SMARTS) is 1. The van der Waals surface area contributed by atoms with Crippen LogP contribution < -0.4 is 0 Å². The maximum Gasteiger partial charge on any atom is 0.307 e. The summed E-state index contributed by atoms with van der Waals surface area (Å²) < 4.78 is 6.10. The SMILES string of the molecule is N#Cc1cccc2[nH]c3c(c12)CCOC3(CC(=O)O)c1ccccc1. The number of hydrogen-bond acceptors (Lipinski definition) is 3. The van der Waals surface area contributed by atoms with Gasteiger partial charge in [-0.2, -0.15) is 5.26 Å². The molecule has 124 valence electrons. The van der Waals surface area contributed by atoms with Crippen LogP contribution in [0.3, 0.4) is 0 Å². The summed E-state index contributed by atoms with van der Waals surface area (Å²) in [7, 11) is 0. The van der Waals surface area contributed by atoms with Crippen molar-refractivity contribution in [2.24, 2.45) is 0 Å². The van der Waals surface area contributed by atoms with Gasteiger partial charge in [0, 0.05) is 10.9 Å². The molecular formula is C20H16N2O3. The van der Waals surface area contributed by atoms with Crippen molar-refractivity contribution >= 4 is 16.9 Å². The van der Waals surface area contributed by atoms with E-state index in [9.17, 15) is 15.2 Å². The lowest BCUT2D eigenvalue weighted by atomic mass is 9.82. The number of carboxylic acids is 1. The number of nitrogens with one attached hydrogen (secondary N) is 1. The Hall–Kier alpha value is -3.10. The van der Waals surface area contributed by atoms with E-state index in [-0.39, 0.29) is 6.42 Å². The second-order valence-corrected chi connectivity index (χ2v) is 6.18. The van der Waals surface area contributed by atoms with Gasteiger partial charge in [0.25, 0.3) is 0 Å². The highest BCUT2D eigenvalue weighted by Crippen LogP contribution is 2.44. The zero-order chi connectivity index (χ0) is 17.4. The second kappa shape index (κ2) is 5.76. The Morgan fingerprint density at radius 1 is 1.24 bits per heavy atom. The van der Waals surface area contributed by atoms with Crippen LogP contribution in [0.4, 0.5) is 0 Å². The van der Waals surface area contributed by atoms with E-state index in [0.717, 1.165) is 27.7 Å². The van der Waals surface area contributed by atoms with Gasteiger partial charge in [0.15, 0.2) is 0 Å². The number of benzene rings is 2. The monoisotopic (exact) mass is 332 g/mol. The summed E-state index contributed by atoms with van der Waals surface area (Å²) in [6.45, 7) is 0.405. The zero-order valence-electron chi connectivity index (χ0n) is 13.5. The Balaban J connectivity index is 2.04. The maximum atomic E-state index is 11.6. The second-order valence-electron chi connectivity index (χ2n) is 6.18. The first-order chi connectivity index (χ1) is 12.2. The molecular weight excluding hydrogens is 316 g/mol. The average molecular weight is 332 g/mol. The van der Waals surface area contributed by atoms with Gasteiger partial charge in [-0.15, -0.1) is 0 Å². The Bertz CT molecular complexity index is 1000. The van der Waals surface area contributed by atoms with Gasteiger partial charge < -0.3 is 14.8 Å². The van der Waals surface area contributed by atoms with Crippen molar-refractivity contribution in [2.75, 3.05) is 6.61 Å². The topological polar surface area (TPSA) is 86.1 Å². The standard InChI is InChI=1S/C20H16N2O3/c21-12-13-5-4-8-16-18(13)15-9-10-25-20(11-17(23)24,19(15)22-16)14-6-2-1-3-7-14/h1-8,22H,9-11H2,(H,23,24). The van der Waals surface area contributed by atoms with E-state index < -0.39 is 11.6 Å². The minimum Gasteiger partial charge on any atom is -0.481 e. The summed E-state index contributed by atoms with van der Waals surface area (Å²) in [4.78, 5) is 15.0. The predicted octanol–water partition coefficient (Wildman–Crippen LogP) is 3.33. The molecule has 2 heterocycles. The summed E-state index contributed by atoms with van der Waals surface area (Å²) in [6.07, 6.45) is 0.459. The Labute approximate surface area is 144 Å². The summed E-state index contributed by atoms with van der Waals surface area (Å²) in [6, 6.07) is 17.2. The molecule has 1 unspecified atom stereocenters. The molecule has 0 amide bonds. The summed E-state index contributed by atoms with van der Waals surface area (Å²) in [5.74, 6) is -0.934. The molecule has 5 heteroatoms. The van der Waals surface area contributed by atoms with E-state index in [0.29, 0.717) is 18.6 Å². The van der Waals surface area contributed by atoms with Crippen LogP contribution in [-0.4, -0.2) is 22.7 Å². The zero-order valence-corrected chi connectivity index (χ0v) is 13.5. The molecule has 25 heavy (non-hydrogen) atoms. The number of aliphatic carboxylic acids is 1. The third-order valence-electron chi connectivity index (χ3n) is 4.79. The highest BCUT2D eigenvalue weighted by Gasteiger charge is 2.44. The smallest absolute Gasteiger partial charge is 0.307 e. The molecule has 0 aliphatic carbocycles. The molecule has 0 spiro atoms. The van der Waals surface area contributed by atoms with Crippen LogP contribution in [0.2, 0.25) is 0 Å². The fourth-order valence-electron chi connectivity index (χ4n) is 3.79. The maximum absolute atomic E-state index is 11.6. The molecule has 0 bridgehead atoms. The number of fused-ring (bicyclic) bond motifs is 3. The van der Waals surface area contributed by atoms with Gasteiger partial charge in [-0.3, -0.25) is 4.79 Å². The van der Waals surface area contributed by atoms with Crippen LogP contribution in [0.15, 0.2) is 48.5 Å². The van der Waals surface area contributed by atoms with Gasteiger partial charge in [0.2, 0.25) is 0 Å². The average Bonchev–Trinajstić information content (AvgIpc) is 3.02. The normalized spacial score (nSPS) is 19.3. The van der Waals surface area contributed by atoms with Crippen molar-refractivity contribution in [2.45, 2.75) is 18.4 Å². The fourth-order valence-corrected chi connectivity index (χ4v) is 3.79. The van der Waals surface area contributed by atoms with Crippen LogP contribution in [0.1, 0.15) is 28.8 Å². The molecule has 0 fully saturated rings. The molecule has 3 aromatic rings. The van der Waals surface area contributed by atoms with Gasteiger partial charge in [-0.05, 0) is 29.7 Å². The number of aromatic amines is 1. The lowest BCUT2D eigenvalue weighted by Gasteiger charge is -2.37. The molecule has 1 atom stereocenters. The lowest BCUT2D eigenvalue weighted by Crippen LogP contribution is -2.39. The van der Waals surface area contributed by atoms with Gasteiger partial charge >= 0.3 is 5.97 Å². The molecule has 1 aliphatic heterocycles. The van der Waals surface area contributed by atoms with E-state index >= 15 is 0 Å². The van der Waals surface area contributed by atoms with E-state index in [4.69, 9.17) is 4.74 Å². The van der Waals surface area contributed by atoms with Crippen molar-refractivity contribution in [3.05, 3.63) is 70.9 Å². The van der Waals surface area contributed by atoms with Crippen molar-refractivity contribution in [3.63, 3.8) is 0 Å². The molecule has 0 saturated carbocycles. The van der Waals surface area contributed by atoms with Crippen LogP contribution in [0.5, 0.6) is 0 Å². The largest absolute Gasteiger partial charge is 0.481 e. The quantitative estimate of drug-likeness (QED) is 0.770. The van der Waals surface area contributed by atoms with Gasteiger partial charge in [0.1, 0.15) is 5.60 Å². The Kier molecular flexibility index (Phi) is 3.56.